The average Bonchev–Trinajstić information content (AvgIpc) is 2.60. The van der Waals surface area contributed by atoms with E-state index in [9.17, 15) is 19.8 Å². The molecule has 2 aliphatic heterocycles. The summed E-state index contributed by atoms with van der Waals surface area (Å²) in [7, 11) is 0. The molecule has 0 aliphatic carbocycles. The first-order valence-corrected chi connectivity index (χ1v) is 12.9. The quantitative estimate of drug-likeness (QED) is 0.460. The summed E-state index contributed by atoms with van der Waals surface area (Å²) in [6.45, 7) is 23.4. The van der Waals surface area contributed by atoms with E-state index in [1.165, 1.54) is 0 Å². The van der Waals surface area contributed by atoms with Crippen LogP contribution in [0.25, 0.3) is 0 Å². The van der Waals surface area contributed by atoms with Crippen molar-refractivity contribution < 1.29 is 19.8 Å². The Balaban J connectivity index is 2.62. The number of nitrogens with zero attached hydrogens (tertiary/aromatic N) is 2. The maximum absolute atomic E-state index is 13.1. The summed E-state index contributed by atoms with van der Waals surface area (Å²) in [5.41, 5.74) is -2.88. The van der Waals surface area contributed by atoms with E-state index in [0.717, 1.165) is 25.9 Å². The number of carboxylic acid groups (broad SMARTS) is 2. The zero-order valence-corrected chi connectivity index (χ0v) is 22.9. The Hall–Kier alpha value is -1.14. The van der Waals surface area contributed by atoms with E-state index < -0.39 is 29.2 Å². The molecule has 0 atom stereocenters. The number of carbonyl (C=O) groups is 2. The van der Waals surface area contributed by atoms with Gasteiger partial charge in [0.25, 0.3) is 0 Å². The molecule has 33 heavy (non-hydrogen) atoms. The lowest BCUT2D eigenvalue weighted by Crippen LogP contribution is -2.68. The van der Waals surface area contributed by atoms with Crippen LogP contribution in [0.3, 0.4) is 0 Å². The molecule has 2 N–H and O–H groups in total. The van der Waals surface area contributed by atoms with Crippen molar-refractivity contribution >= 4 is 11.9 Å². The van der Waals surface area contributed by atoms with Gasteiger partial charge >= 0.3 is 11.9 Å². The van der Waals surface area contributed by atoms with Crippen LogP contribution >= 0.6 is 0 Å². The third-order valence-corrected chi connectivity index (χ3v) is 8.80. The van der Waals surface area contributed by atoms with Crippen LogP contribution in [0.2, 0.25) is 0 Å². The Labute approximate surface area is 202 Å². The highest BCUT2D eigenvalue weighted by atomic mass is 16.4. The summed E-state index contributed by atoms with van der Waals surface area (Å²) in [4.78, 5) is 31.1. The molecular weight excluding hydrogens is 416 g/mol. The third kappa shape index (κ3) is 4.84. The second-order valence-electron chi connectivity index (χ2n) is 13.2. The topological polar surface area (TPSA) is 81.1 Å². The SMILES string of the molecule is CCCN1C(C)(C)CC(C(C(=O)O)(C(=O)O)C2CC(C)(C)N(CCC)C(C)(C)C2)CC1(C)C. The summed E-state index contributed by atoms with van der Waals surface area (Å²) in [5, 5.41) is 21.4. The van der Waals surface area contributed by atoms with Crippen molar-refractivity contribution in [2.75, 3.05) is 13.1 Å². The van der Waals surface area contributed by atoms with Crippen LogP contribution < -0.4 is 0 Å². The molecule has 2 fully saturated rings. The molecule has 6 heteroatoms. The fourth-order valence-corrected chi connectivity index (χ4v) is 8.06. The summed E-state index contributed by atoms with van der Waals surface area (Å²) >= 11 is 0. The van der Waals surface area contributed by atoms with Crippen LogP contribution in [0.5, 0.6) is 0 Å². The minimum Gasteiger partial charge on any atom is -0.480 e. The fourth-order valence-electron chi connectivity index (χ4n) is 8.06. The predicted molar refractivity (Wildman–Crippen MR) is 133 cm³/mol. The van der Waals surface area contributed by atoms with Crippen molar-refractivity contribution in [3.8, 4) is 0 Å². The highest BCUT2D eigenvalue weighted by molar-refractivity contribution is 5.99. The average molecular weight is 467 g/mol. The van der Waals surface area contributed by atoms with E-state index in [-0.39, 0.29) is 22.2 Å². The van der Waals surface area contributed by atoms with Gasteiger partial charge in [-0.2, -0.15) is 0 Å². The Morgan fingerprint density at radius 1 is 0.667 bits per heavy atom. The van der Waals surface area contributed by atoms with Gasteiger partial charge in [0.15, 0.2) is 5.41 Å². The zero-order valence-electron chi connectivity index (χ0n) is 22.9. The van der Waals surface area contributed by atoms with Gasteiger partial charge in [0, 0.05) is 22.2 Å². The number of hydrogen-bond acceptors (Lipinski definition) is 4. The summed E-state index contributed by atoms with van der Waals surface area (Å²) in [5.74, 6) is -3.17. The lowest BCUT2D eigenvalue weighted by Gasteiger charge is -2.61. The van der Waals surface area contributed by atoms with E-state index in [1.807, 2.05) is 0 Å². The van der Waals surface area contributed by atoms with E-state index in [2.05, 4.69) is 79.0 Å². The highest BCUT2D eigenvalue weighted by Crippen LogP contribution is 2.56. The monoisotopic (exact) mass is 466 g/mol. The van der Waals surface area contributed by atoms with E-state index in [0.29, 0.717) is 25.7 Å². The fraction of sp³-hybridized carbons (Fsp3) is 0.926. The highest BCUT2D eigenvalue weighted by Gasteiger charge is 2.65. The molecule has 0 aromatic rings. The molecule has 0 radical (unpaired) electrons. The predicted octanol–water partition coefficient (Wildman–Crippen LogP) is 5.50. The Bertz CT molecular complexity index is 642. The molecule has 0 aromatic carbocycles. The van der Waals surface area contributed by atoms with Gasteiger partial charge in [-0.1, -0.05) is 13.8 Å². The molecule has 2 saturated heterocycles. The lowest BCUT2D eigenvalue weighted by atomic mass is 9.53. The van der Waals surface area contributed by atoms with Crippen LogP contribution in [0.1, 0.15) is 108 Å². The Morgan fingerprint density at radius 2 is 0.909 bits per heavy atom. The molecule has 2 heterocycles. The number of carboxylic acids is 2. The zero-order chi connectivity index (χ0) is 25.6. The first-order valence-electron chi connectivity index (χ1n) is 12.9. The molecule has 2 aliphatic rings. The van der Waals surface area contributed by atoms with E-state index >= 15 is 0 Å². The smallest absolute Gasteiger partial charge is 0.321 e. The van der Waals surface area contributed by atoms with E-state index in [4.69, 9.17) is 0 Å². The van der Waals surface area contributed by atoms with Crippen LogP contribution in [-0.4, -0.2) is 67.2 Å². The molecule has 2 rings (SSSR count). The number of hydrogen-bond donors (Lipinski definition) is 2. The van der Waals surface area contributed by atoms with E-state index in [1.54, 1.807) is 0 Å². The standard InChI is InChI=1S/C27H50N2O4/c1-11-13-28-23(3,4)15-19(16-24(28,5)6)27(21(30)31,22(32)33)20-17-25(7,8)29(14-12-2)26(9,10)18-20/h19-20H,11-18H2,1-10H3,(H,30,31)(H,32,33). The van der Waals surface area contributed by atoms with Gasteiger partial charge < -0.3 is 10.2 Å². The number of likely N-dealkylation sites (tertiary alicyclic amines) is 2. The van der Waals surface area contributed by atoms with Gasteiger partial charge in [0.2, 0.25) is 0 Å². The van der Waals surface area contributed by atoms with Gasteiger partial charge in [0.1, 0.15) is 0 Å². The number of rotatable bonds is 8. The van der Waals surface area contributed by atoms with Crippen LogP contribution in [-0.2, 0) is 9.59 Å². The maximum Gasteiger partial charge on any atom is 0.321 e. The van der Waals surface area contributed by atoms with Gasteiger partial charge in [-0.05, 0) is 119 Å². The molecule has 6 nitrogen and oxygen atoms in total. The second-order valence-corrected chi connectivity index (χ2v) is 13.2. The molecule has 0 spiro atoms. The molecule has 192 valence electrons. The van der Waals surface area contributed by atoms with Crippen LogP contribution in [0.15, 0.2) is 0 Å². The normalized spacial score (nSPS) is 26.2. The minimum atomic E-state index is -1.79. The maximum atomic E-state index is 13.1. The summed E-state index contributed by atoms with van der Waals surface area (Å²) in [6, 6.07) is 0. The van der Waals surface area contributed by atoms with Gasteiger partial charge in [-0.25, -0.2) is 0 Å². The molecule has 0 aromatic heterocycles. The Kier molecular flexibility index (Phi) is 7.78. The molecule has 0 bridgehead atoms. The molecule has 0 unspecified atom stereocenters. The molecule has 0 amide bonds. The van der Waals surface area contributed by atoms with Crippen molar-refractivity contribution in [2.45, 2.75) is 130 Å². The van der Waals surface area contributed by atoms with Crippen molar-refractivity contribution in [1.29, 1.82) is 0 Å². The van der Waals surface area contributed by atoms with Gasteiger partial charge in [-0.3, -0.25) is 19.4 Å². The number of aliphatic carboxylic acids is 2. The largest absolute Gasteiger partial charge is 0.480 e. The van der Waals surface area contributed by atoms with Crippen LogP contribution in [0, 0.1) is 17.3 Å². The molecular formula is C27H50N2O4. The first-order chi connectivity index (χ1) is 14.9. The minimum absolute atomic E-state index is 0.271. The van der Waals surface area contributed by atoms with Crippen molar-refractivity contribution in [3.05, 3.63) is 0 Å². The summed E-state index contributed by atoms with van der Waals surface area (Å²) < 4.78 is 0. The van der Waals surface area contributed by atoms with Crippen molar-refractivity contribution in [1.82, 2.24) is 9.80 Å². The van der Waals surface area contributed by atoms with Gasteiger partial charge in [0.05, 0.1) is 0 Å². The Morgan fingerprint density at radius 3 is 1.09 bits per heavy atom. The number of piperidine rings is 2. The first kappa shape index (κ1) is 28.1. The molecule has 0 saturated carbocycles. The van der Waals surface area contributed by atoms with Crippen molar-refractivity contribution in [2.24, 2.45) is 17.3 Å². The van der Waals surface area contributed by atoms with Gasteiger partial charge in [-0.15, -0.1) is 0 Å². The van der Waals surface area contributed by atoms with Crippen molar-refractivity contribution in [3.63, 3.8) is 0 Å². The lowest BCUT2D eigenvalue weighted by molar-refractivity contribution is -0.192. The second kappa shape index (κ2) is 9.14. The van der Waals surface area contributed by atoms with Crippen LogP contribution in [0.4, 0.5) is 0 Å². The third-order valence-electron chi connectivity index (χ3n) is 8.80. The summed E-state index contributed by atoms with van der Waals surface area (Å²) in [6.07, 6.45) is 4.32.